The van der Waals surface area contributed by atoms with E-state index in [0.717, 1.165) is 7.11 Å². The molecule has 16 heavy (non-hydrogen) atoms. The summed E-state index contributed by atoms with van der Waals surface area (Å²) in [6, 6.07) is 21.4. The van der Waals surface area contributed by atoms with Gasteiger partial charge in [-0.05, 0) is 33.7 Å². The van der Waals surface area contributed by atoms with Crippen LogP contribution in [0.1, 0.15) is 0 Å². The lowest BCUT2D eigenvalue weighted by Crippen LogP contribution is -1.74. The Morgan fingerprint density at radius 1 is 0.562 bits per heavy atom. The molecule has 3 aromatic rings. The fraction of sp³-hybridized carbons (Fsp3) is 0.0667. The fourth-order valence-electron chi connectivity index (χ4n) is 1.88. The minimum absolute atomic E-state index is 1.00. The molecule has 80 valence electrons. The van der Waals surface area contributed by atoms with Crippen LogP contribution in [0.25, 0.3) is 21.5 Å². The monoisotopic (exact) mass is 210 g/mol. The summed E-state index contributed by atoms with van der Waals surface area (Å²) >= 11 is 0. The molecule has 0 saturated heterocycles. The molecule has 0 fully saturated rings. The summed E-state index contributed by atoms with van der Waals surface area (Å²) in [5.41, 5.74) is 0. The van der Waals surface area contributed by atoms with E-state index in [2.05, 4.69) is 60.7 Å². The second-order valence-corrected chi connectivity index (χ2v) is 3.55. The minimum Gasteiger partial charge on any atom is -0.400 e. The third-order valence-electron chi connectivity index (χ3n) is 2.61. The normalized spacial score (nSPS) is 9.88. The Labute approximate surface area is 95.0 Å². The van der Waals surface area contributed by atoms with Gasteiger partial charge in [-0.1, -0.05) is 48.5 Å². The molecule has 0 aliphatic rings. The van der Waals surface area contributed by atoms with Crippen molar-refractivity contribution >= 4 is 21.5 Å². The van der Waals surface area contributed by atoms with Crippen LogP contribution in [0.3, 0.4) is 0 Å². The Balaban J connectivity index is 0.000000457. The third-order valence-corrected chi connectivity index (χ3v) is 2.61. The van der Waals surface area contributed by atoms with Gasteiger partial charge in [-0.2, -0.15) is 0 Å². The average Bonchev–Trinajstić information content (AvgIpc) is 2.38. The highest BCUT2D eigenvalue weighted by Crippen LogP contribution is 2.21. The van der Waals surface area contributed by atoms with Gasteiger partial charge in [-0.25, -0.2) is 0 Å². The van der Waals surface area contributed by atoms with Gasteiger partial charge in [0.1, 0.15) is 0 Å². The van der Waals surface area contributed by atoms with Crippen LogP contribution < -0.4 is 0 Å². The SMILES string of the molecule is CO.c1ccc2cc3ccccc3cc2c1. The van der Waals surface area contributed by atoms with E-state index < -0.39 is 0 Å². The Kier molecular flexibility index (Phi) is 3.18. The Morgan fingerprint density at radius 2 is 0.812 bits per heavy atom. The lowest BCUT2D eigenvalue weighted by atomic mass is 10.0. The van der Waals surface area contributed by atoms with Crippen molar-refractivity contribution in [3.05, 3.63) is 60.7 Å². The quantitative estimate of drug-likeness (QED) is 0.562. The van der Waals surface area contributed by atoms with Crippen molar-refractivity contribution in [2.24, 2.45) is 0 Å². The van der Waals surface area contributed by atoms with Gasteiger partial charge < -0.3 is 5.11 Å². The molecule has 0 bridgehead atoms. The van der Waals surface area contributed by atoms with Crippen LogP contribution >= 0.6 is 0 Å². The molecular weight excluding hydrogens is 196 g/mol. The number of benzene rings is 3. The molecule has 1 nitrogen and oxygen atoms in total. The second kappa shape index (κ2) is 4.77. The lowest BCUT2D eigenvalue weighted by Gasteiger charge is -2.00. The number of aliphatic hydroxyl groups excluding tert-OH is 1. The van der Waals surface area contributed by atoms with Crippen LogP contribution in [0.2, 0.25) is 0 Å². The molecule has 0 unspecified atom stereocenters. The zero-order valence-corrected chi connectivity index (χ0v) is 9.22. The lowest BCUT2D eigenvalue weighted by molar-refractivity contribution is 0.399. The van der Waals surface area contributed by atoms with Crippen LogP contribution in [0.15, 0.2) is 60.7 Å². The smallest absolute Gasteiger partial charge is 0.0319 e. The van der Waals surface area contributed by atoms with Crippen molar-refractivity contribution in [3.63, 3.8) is 0 Å². The van der Waals surface area contributed by atoms with E-state index in [4.69, 9.17) is 5.11 Å². The summed E-state index contributed by atoms with van der Waals surface area (Å²) in [6.07, 6.45) is 0. The topological polar surface area (TPSA) is 20.2 Å². The molecule has 1 heteroatoms. The second-order valence-electron chi connectivity index (χ2n) is 3.55. The minimum atomic E-state index is 1.00. The molecule has 0 aliphatic heterocycles. The predicted molar refractivity (Wildman–Crippen MR) is 69.6 cm³/mol. The van der Waals surface area contributed by atoms with Crippen LogP contribution in [0, 0.1) is 0 Å². The zero-order chi connectivity index (χ0) is 11.4. The summed E-state index contributed by atoms with van der Waals surface area (Å²) in [5.74, 6) is 0. The number of hydrogen-bond acceptors (Lipinski definition) is 1. The highest BCUT2D eigenvalue weighted by molar-refractivity contribution is 5.97. The van der Waals surface area contributed by atoms with Crippen LogP contribution in [0.4, 0.5) is 0 Å². The van der Waals surface area contributed by atoms with Gasteiger partial charge in [0, 0.05) is 7.11 Å². The summed E-state index contributed by atoms with van der Waals surface area (Å²) in [4.78, 5) is 0. The number of fused-ring (bicyclic) bond motifs is 2. The van der Waals surface area contributed by atoms with Crippen molar-refractivity contribution in [3.8, 4) is 0 Å². The van der Waals surface area contributed by atoms with E-state index in [1.807, 2.05) is 0 Å². The molecule has 0 saturated carbocycles. The van der Waals surface area contributed by atoms with Crippen molar-refractivity contribution < 1.29 is 5.11 Å². The molecule has 0 spiro atoms. The number of hydrogen-bond donors (Lipinski definition) is 1. The summed E-state index contributed by atoms with van der Waals surface area (Å²) in [5, 5.41) is 12.2. The fourth-order valence-corrected chi connectivity index (χ4v) is 1.88. The molecule has 0 heterocycles. The highest BCUT2D eigenvalue weighted by atomic mass is 16.2. The highest BCUT2D eigenvalue weighted by Gasteiger charge is 1.95. The van der Waals surface area contributed by atoms with E-state index in [1.54, 1.807) is 0 Å². The van der Waals surface area contributed by atoms with Crippen molar-refractivity contribution in [2.75, 3.05) is 7.11 Å². The largest absolute Gasteiger partial charge is 0.400 e. The standard InChI is InChI=1S/C14H10.CH4O/c1-2-6-12-10-14-8-4-3-7-13(14)9-11(12)5-1;1-2/h1-10H;2H,1H3. The molecule has 0 aliphatic carbocycles. The molecule has 0 radical (unpaired) electrons. The molecule has 3 rings (SSSR count). The first-order valence-electron chi connectivity index (χ1n) is 5.26. The van der Waals surface area contributed by atoms with Crippen LogP contribution in [-0.4, -0.2) is 12.2 Å². The molecule has 1 N–H and O–H groups in total. The van der Waals surface area contributed by atoms with E-state index in [1.165, 1.54) is 21.5 Å². The van der Waals surface area contributed by atoms with Crippen molar-refractivity contribution in [2.45, 2.75) is 0 Å². The predicted octanol–water partition coefficient (Wildman–Crippen LogP) is 3.60. The Hall–Kier alpha value is -1.86. The maximum Gasteiger partial charge on any atom is 0.0319 e. The summed E-state index contributed by atoms with van der Waals surface area (Å²) in [7, 11) is 1.00. The van der Waals surface area contributed by atoms with E-state index in [0.29, 0.717) is 0 Å². The summed E-state index contributed by atoms with van der Waals surface area (Å²) < 4.78 is 0. The Morgan fingerprint density at radius 3 is 1.06 bits per heavy atom. The molecule has 0 amide bonds. The van der Waals surface area contributed by atoms with Gasteiger partial charge in [-0.3, -0.25) is 0 Å². The van der Waals surface area contributed by atoms with Crippen molar-refractivity contribution in [1.82, 2.24) is 0 Å². The van der Waals surface area contributed by atoms with Gasteiger partial charge in [0.15, 0.2) is 0 Å². The maximum absolute atomic E-state index is 7.00. The van der Waals surface area contributed by atoms with Crippen molar-refractivity contribution in [1.29, 1.82) is 0 Å². The van der Waals surface area contributed by atoms with E-state index in [9.17, 15) is 0 Å². The van der Waals surface area contributed by atoms with E-state index in [-0.39, 0.29) is 0 Å². The van der Waals surface area contributed by atoms with E-state index >= 15 is 0 Å². The van der Waals surface area contributed by atoms with Gasteiger partial charge in [0.05, 0.1) is 0 Å². The average molecular weight is 210 g/mol. The number of rotatable bonds is 0. The van der Waals surface area contributed by atoms with Gasteiger partial charge in [-0.15, -0.1) is 0 Å². The van der Waals surface area contributed by atoms with Gasteiger partial charge >= 0.3 is 0 Å². The molecule has 3 aromatic carbocycles. The summed E-state index contributed by atoms with van der Waals surface area (Å²) in [6.45, 7) is 0. The van der Waals surface area contributed by atoms with Gasteiger partial charge in [0.25, 0.3) is 0 Å². The van der Waals surface area contributed by atoms with Crippen LogP contribution in [0.5, 0.6) is 0 Å². The first kappa shape index (κ1) is 10.7. The molecular formula is C15H14O. The first-order chi connectivity index (χ1) is 7.93. The third kappa shape index (κ3) is 1.90. The first-order valence-corrected chi connectivity index (χ1v) is 5.26. The number of aliphatic hydroxyl groups is 1. The van der Waals surface area contributed by atoms with Crippen LogP contribution in [-0.2, 0) is 0 Å². The zero-order valence-electron chi connectivity index (χ0n) is 9.22. The Bertz CT molecular complexity index is 494. The maximum atomic E-state index is 7.00. The van der Waals surface area contributed by atoms with Gasteiger partial charge in [0.2, 0.25) is 0 Å². The molecule has 0 aromatic heterocycles. The molecule has 0 atom stereocenters.